The first kappa shape index (κ1) is 12.0. The van der Waals surface area contributed by atoms with Gasteiger partial charge < -0.3 is 10.0 Å². The van der Waals surface area contributed by atoms with E-state index < -0.39 is 0 Å². The molecule has 4 nitrogen and oxygen atoms in total. The molecule has 1 fully saturated rings. The molecule has 0 amide bonds. The Bertz CT molecular complexity index is 547. The summed E-state index contributed by atoms with van der Waals surface area (Å²) in [7, 11) is 0. The fraction of sp³-hybridized carbons (Fsp3) is 0.615. The molecule has 0 bridgehead atoms. The lowest BCUT2D eigenvalue weighted by molar-refractivity contribution is 0.275. The SMILES string of the molecule is CC1CCN(c2nc3sccn3c2CO)C(C)C1. The molecule has 2 atom stereocenters. The normalized spacial score (nSPS) is 24.9. The molecule has 18 heavy (non-hydrogen) atoms. The molecule has 1 N–H and O–H groups in total. The summed E-state index contributed by atoms with van der Waals surface area (Å²) < 4.78 is 2.00. The number of anilines is 1. The van der Waals surface area contributed by atoms with Gasteiger partial charge in [-0.1, -0.05) is 6.92 Å². The molecule has 0 radical (unpaired) electrons. The van der Waals surface area contributed by atoms with E-state index in [-0.39, 0.29) is 6.61 Å². The van der Waals surface area contributed by atoms with Crippen LogP contribution in [-0.4, -0.2) is 27.1 Å². The van der Waals surface area contributed by atoms with Gasteiger partial charge >= 0.3 is 0 Å². The Morgan fingerprint density at radius 3 is 3.06 bits per heavy atom. The van der Waals surface area contributed by atoms with Crippen LogP contribution in [0.1, 0.15) is 32.4 Å². The summed E-state index contributed by atoms with van der Waals surface area (Å²) >= 11 is 1.62. The maximum atomic E-state index is 9.61. The zero-order chi connectivity index (χ0) is 12.7. The topological polar surface area (TPSA) is 40.8 Å². The van der Waals surface area contributed by atoms with Gasteiger partial charge in [-0.3, -0.25) is 4.40 Å². The Hall–Kier alpha value is -1.07. The zero-order valence-electron chi connectivity index (χ0n) is 10.8. The predicted octanol–water partition coefficient (Wildman–Crippen LogP) is 2.51. The summed E-state index contributed by atoms with van der Waals surface area (Å²) in [5.74, 6) is 1.77. The summed E-state index contributed by atoms with van der Waals surface area (Å²) in [6.07, 6.45) is 4.40. The van der Waals surface area contributed by atoms with Crippen molar-refractivity contribution in [3.63, 3.8) is 0 Å². The first-order valence-electron chi connectivity index (χ1n) is 6.52. The smallest absolute Gasteiger partial charge is 0.195 e. The minimum Gasteiger partial charge on any atom is -0.390 e. The Labute approximate surface area is 111 Å². The first-order chi connectivity index (χ1) is 8.70. The number of aliphatic hydroxyl groups excluding tert-OH is 1. The van der Waals surface area contributed by atoms with Crippen molar-refractivity contribution in [3.05, 3.63) is 17.3 Å². The van der Waals surface area contributed by atoms with Crippen molar-refractivity contribution >= 4 is 22.1 Å². The number of hydrogen-bond donors (Lipinski definition) is 1. The van der Waals surface area contributed by atoms with Crippen molar-refractivity contribution in [2.24, 2.45) is 5.92 Å². The van der Waals surface area contributed by atoms with Crippen molar-refractivity contribution in [3.8, 4) is 0 Å². The quantitative estimate of drug-likeness (QED) is 0.907. The van der Waals surface area contributed by atoms with Gasteiger partial charge in [0.25, 0.3) is 0 Å². The number of aliphatic hydroxyl groups is 1. The number of fused-ring (bicyclic) bond motifs is 1. The Balaban J connectivity index is 2.00. The Kier molecular flexibility index (Phi) is 3.03. The minimum absolute atomic E-state index is 0.0476. The maximum Gasteiger partial charge on any atom is 0.195 e. The van der Waals surface area contributed by atoms with E-state index in [0.717, 1.165) is 28.9 Å². The zero-order valence-corrected chi connectivity index (χ0v) is 11.7. The molecule has 3 heterocycles. The van der Waals surface area contributed by atoms with E-state index in [1.807, 2.05) is 16.0 Å². The van der Waals surface area contributed by atoms with Crippen molar-refractivity contribution in [2.45, 2.75) is 39.3 Å². The molecule has 3 rings (SSSR count). The molecule has 1 aliphatic rings. The molecule has 2 unspecified atom stereocenters. The van der Waals surface area contributed by atoms with Crippen LogP contribution in [0.4, 0.5) is 5.82 Å². The summed E-state index contributed by atoms with van der Waals surface area (Å²) in [6, 6.07) is 0.503. The van der Waals surface area contributed by atoms with E-state index in [2.05, 4.69) is 18.7 Å². The predicted molar refractivity (Wildman–Crippen MR) is 74.2 cm³/mol. The van der Waals surface area contributed by atoms with E-state index in [9.17, 15) is 5.11 Å². The maximum absolute atomic E-state index is 9.61. The third-order valence-corrected chi connectivity index (χ3v) is 4.66. The van der Waals surface area contributed by atoms with Gasteiger partial charge in [0.15, 0.2) is 10.8 Å². The highest BCUT2D eigenvalue weighted by atomic mass is 32.1. The van der Waals surface area contributed by atoms with Crippen molar-refractivity contribution in [2.75, 3.05) is 11.4 Å². The molecular weight excluding hydrogens is 246 g/mol. The molecule has 2 aromatic heterocycles. The second-order valence-corrected chi connectivity index (χ2v) is 6.14. The third kappa shape index (κ3) is 1.82. The monoisotopic (exact) mass is 265 g/mol. The van der Waals surface area contributed by atoms with Crippen molar-refractivity contribution in [1.29, 1.82) is 0 Å². The Morgan fingerprint density at radius 2 is 2.33 bits per heavy atom. The van der Waals surface area contributed by atoms with Gasteiger partial charge in [0.05, 0.1) is 12.3 Å². The average Bonchev–Trinajstić information content (AvgIpc) is 2.88. The van der Waals surface area contributed by atoms with Crippen LogP contribution >= 0.6 is 11.3 Å². The molecule has 2 aromatic rings. The highest BCUT2D eigenvalue weighted by molar-refractivity contribution is 7.15. The van der Waals surface area contributed by atoms with Crippen LogP contribution in [0.5, 0.6) is 0 Å². The lowest BCUT2D eigenvalue weighted by atomic mass is 9.93. The summed E-state index contributed by atoms with van der Waals surface area (Å²) in [5, 5.41) is 11.6. The van der Waals surface area contributed by atoms with Gasteiger partial charge in [0.1, 0.15) is 0 Å². The third-order valence-electron chi connectivity index (χ3n) is 3.90. The number of imidazole rings is 1. The first-order valence-corrected chi connectivity index (χ1v) is 7.40. The number of hydrogen-bond acceptors (Lipinski definition) is 4. The van der Waals surface area contributed by atoms with E-state index >= 15 is 0 Å². The van der Waals surface area contributed by atoms with Gasteiger partial charge in [-0.25, -0.2) is 4.98 Å². The van der Waals surface area contributed by atoms with Crippen LogP contribution in [-0.2, 0) is 6.61 Å². The second kappa shape index (κ2) is 4.55. The van der Waals surface area contributed by atoms with Gasteiger partial charge in [-0.2, -0.15) is 0 Å². The molecule has 0 aromatic carbocycles. The van der Waals surface area contributed by atoms with E-state index in [0.29, 0.717) is 6.04 Å². The molecule has 0 spiro atoms. The van der Waals surface area contributed by atoms with E-state index in [1.54, 1.807) is 11.3 Å². The number of thiazole rings is 1. The van der Waals surface area contributed by atoms with Gasteiger partial charge in [-0.15, -0.1) is 11.3 Å². The average molecular weight is 265 g/mol. The summed E-state index contributed by atoms with van der Waals surface area (Å²) in [6.45, 7) is 5.66. The molecular formula is C13H19N3OS. The van der Waals surface area contributed by atoms with Crippen LogP contribution in [0.15, 0.2) is 11.6 Å². The summed E-state index contributed by atoms with van der Waals surface area (Å²) in [4.78, 5) is 8.01. The molecule has 0 saturated carbocycles. The van der Waals surface area contributed by atoms with Gasteiger partial charge in [-0.05, 0) is 25.7 Å². The van der Waals surface area contributed by atoms with Crippen LogP contribution < -0.4 is 4.90 Å². The number of aromatic nitrogens is 2. The Morgan fingerprint density at radius 1 is 1.50 bits per heavy atom. The molecule has 98 valence electrons. The molecule has 1 saturated heterocycles. The van der Waals surface area contributed by atoms with Crippen LogP contribution in [0.2, 0.25) is 0 Å². The van der Waals surface area contributed by atoms with E-state index in [1.165, 1.54) is 12.8 Å². The molecule has 0 aliphatic carbocycles. The van der Waals surface area contributed by atoms with Crippen LogP contribution in [0.3, 0.4) is 0 Å². The lowest BCUT2D eigenvalue weighted by Crippen LogP contribution is -2.41. The largest absolute Gasteiger partial charge is 0.390 e. The second-order valence-electron chi connectivity index (χ2n) is 5.27. The highest BCUT2D eigenvalue weighted by Crippen LogP contribution is 2.31. The van der Waals surface area contributed by atoms with Crippen LogP contribution in [0, 0.1) is 5.92 Å². The number of nitrogens with zero attached hydrogens (tertiary/aromatic N) is 3. The fourth-order valence-corrected chi connectivity index (χ4v) is 3.65. The van der Waals surface area contributed by atoms with E-state index in [4.69, 9.17) is 4.98 Å². The fourth-order valence-electron chi connectivity index (χ4n) is 2.92. The number of rotatable bonds is 2. The van der Waals surface area contributed by atoms with Crippen molar-refractivity contribution in [1.82, 2.24) is 9.38 Å². The van der Waals surface area contributed by atoms with Gasteiger partial charge in [0, 0.05) is 24.2 Å². The molecule has 5 heteroatoms. The standard InChI is InChI=1S/C13H19N3OS/c1-9-3-4-15(10(2)7-9)12-11(8-17)16-5-6-18-13(16)14-12/h5-6,9-10,17H,3-4,7-8H2,1-2H3. The lowest BCUT2D eigenvalue weighted by Gasteiger charge is -2.37. The number of piperidine rings is 1. The summed E-state index contributed by atoms with van der Waals surface area (Å²) in [5.41, 5.74) is 0.924. The van der Waals surface area contributed by atoms with Gasteiger partial charge in [0.2, 0.25) is 0 Å². The van der Waals surface area contributed by atoms with Crippen molar-refractivity contribution < 1.29 is 5.11 Å². The van der Waals surface area contributed by atoms with Crippen LogP contribution in [0.25, 0.3) is 4.96 Å². The minimum atomic E-state index is 0.0476. The molecule has 1 aliphatic heterocycles. The highest BCUT2D eigenvalue weighted by Gasteiger charge is 2.27.